The van der Waals surface area contributed by atoms with Crippen molar-refractivity contribution in [2.75, 3.05) is 32.2 Å². The first kappa shape index (κ1) is 19.7. The van der Waals surface area contributed by atoms with Gasteiger partial charge in [-0.25, -0.2) is 4.98 Å². The number of hydrogen-bond acceptors (Lipinski definition) is 4. The molecule has 2 unspecified atom stereocenters. The quantitative estimate of drug-likeness (QED) is 0.651. The topological polar surface area (TPSA) is 47.8 Å². The molecule has 3 heterocycles. The third-order valence-corrected chi connectivity index (χ3v) is 5.42. The van der Waals surface area contributed by atoms with Gasteiger partial charge in [0.1, 0.15) is 5.65 Å². The summed E-state index contributed by atoms with van der Waals surface area (Å²) < 4.78 is 13.1. The normalized spacial score (nSPS) is 21.3. The second kappa shape index (κ2) is 8.30. The lowest BCUT2D eigenvalue weighted by atomic mass is 9.74. The van der Waals surface area contributed by atoms with Crippen LogP contribution in [0.25, 0.3) is 5.65 Å². The highest BCUT2D eigenvalue weighted by Gasteiger charge is 2.41. The molecular weight excluding hydrogens is 362 g/mol. The van der Waals surface area contributed by atoms with Crippen molar-refractivity contribution in [1.82, 2.24) is 9.38 Å². The molecule has 0 bridgehead atoms. The van der Waals surface area contributed by atoms with E-state index in [0.717, 1.165) is 12.1 Å². The summed E-state index contributed by atoms with van der Waals surface area (Å²) in [5.41, 5.74) is 4.44. The average Bonchev–Trinajstić information content (AvgIpc) is 3.14. The van der Waals surface area contributed by atoms with Crippen molar-refractivity contribution in [3.8, 4) is 0 Å². The first-order chi connectivity index (χ1) is 12.7. The van der Waals surface area contributed by atoms with Gasteiger partial charge in [0.25, 0.3) is 0 Å². The summed E-state index contributed by atoms with van der Waals surface area (Å²) >= 11 is 0. The monoisotopic (exact) mass is 387 g/mol. The molecule has 1 N–H and O–H groups in total. The van der Waals surface area contributed by atoms with Gasteiger partial charge in [-0.1, -0.05) is 24.3 Å². The standard InChI is InChI=1S/C21H25N3O2.ClH/c1-21(18-7-5-10-24-11-9-22-20(18)24)17(15-26-13-12-25-2)14-16-6-3-4-8-19(16)23-21;/h3-11,17,23H,12-15H2,1-2H3;1H. The summed E-state index contributed by atoms with van der Waals surface area (Å²) in [5, 5.41) is 3.80. The number of nitrogens with one attached hydrogen (secondary N) is 1. The van der Waals surface area contributed by atoms with Gasteiger partial charge < -0.3 is 19.2 Å². The van der Waals surface area contributed by atoms with Crippen LogP contribution in [0.1, 0.15) is 18.1 Å². The number of fused-ring (bicyclic) bond motifs is 2. The minimum atomic E-state index is -0.269. The molecule has 0 saturated carbocycles. The Morgan fingerprint density at radius 2 is 2.04 bits per heavy atom. The van der Waals surface area contributed by atoms with Gasteiger partial charge in [-0.15, -0.1) is 12.4 Å². The van der Waals surface area contributed by atoms with E-state index in [9.17, 15) is 0 Å². The van der Waals surface area contributed by atoms with Crippen molar-refractivity contribution in [3.05, 3.63) is 66.1 Å². The van der Waals surface area contributed by atoms with Crippen molar-refractivity contribution in [3.63, 3.8) is 0 Å². The van der Waals surface area contributed by atoms with Crippen LogP contribution >= 0.6 is 12.4 Å². The minimum absolute atomic E-state index is 0. The molecule has 1 aliphatic rings. The second-order valence-electron chi connectivity index (χ2n) is 7.03. The maximum atomic E-state index is 5.95. The van der Waals surface area contributed by atoms with Gasteiger partial charge >= 0.3 is 0 Å². The van der Waals surface area contributed by atoms with Crippen molar-refractivity contribution in [2.45, 2.75) is 18.9 Å². The van der Waals surface area contributed by atoms with Crippen LogP contribution in [0.15, 0.2) is 55.0 Å². The fourth-order valence-electron chi connectivity index (χ4n) is 3.91. The number of rotatable bonds is 6. The second-order valence-corrected chi connectivity index (χ2v) is 7.03. The Labute approximate surface area is 166 Å². The van der Waals surface area contributed by atoms with Crippen molar-refractivity contribution in [1.29, 1.82) is 0 Å². The van der Waals surface area contributed by atoms with Gasteiger partial charge in [0.15, 0.2) is 0 Å². The first-order valence-electron chi connectivity index (χ1n) is 9.07. The average molecular weight is 388 g/mol. The molecule has 0 saturated heterocycles. The van der Waals surface area contributed by atoms with Crippen LogP contribution in [-0.4, -0.2) is 36.3 Å². The summed E-state index contributed by atoms with van der Waals surface area (Å²) in [5.74, 6) is 0.289. The number of methoxy groups -OCH3 is 1. The molecular formula is C21H26ClN3O2. The Morgan fingerprint density at radius 3 is 2.89 bits per heavy atom. The SMILES string of the molecule is COCCOCC1Cc2ccccc2NC1(C)c1cccn2ccnc12.Cl. The van der Waals surface area contributed by atoms with Gasteiger partial charge in [-0.05, 0) is 31.0 Å². The van der Waals surface area contributed by atoms with E-state index in [2.05, 4.69) is 58.0 Å². The Morgan fingerprint density at radius 1 is 1.19 bits per heavy atom. The van der Waals surface area contributed by atoms with E-state index in [1.165, 1.54) is 16.8 Å². The highest BCUT2D eigenvalue weighted by molar-refractivity contribution is 5.85. The van der Waals surface area contributed by atoms with E-state index in [1.54, 1.807) is 7.11 Å². The van der Waals surface area contributed by atoms with Gasteiger partial charge in [-0.2, -0.15) is 0 Å². The van der Waals surface area contributed by atoms with Crippen molar-refractivity contribution >= 4 is 23.7 Å². The smallest absolute Gasteiger partial charge is 0.142 e. The molecule has 2 atom stereocenters. The summed E-state index contributed by atoms with van der Waals surface area (Å²) in [6.45, 7) is 4.15. The highest BCUT2D eigenvalue weighted by Crippen LogP contribution is 2.42. The zero-order valence-electron chi connectivity index (χ0n) is 15.7. The van der Waals surface area contributed by atoms with Gasteiger partial charge in [0.05, 0.1) is 25.4 Å². The number of halogens is 1. The molecule has 0 aliphatic carbocycles. The van der Waals surface area contributed by atoms with E-state index < -0.39 is 0 Å². The van der Waals surface area contributed by atoms with Crippen LogP contribution in [-0.2, 0) is 21.4 Å². The maximum absolute atomic E-state index is 5.95. The van der Waals surface area contributed by atoms with Crippen LogP contribution < -0.4 is 5.32 Å². The number of anilines is 1. The van der Waals surface area contributed by atoms with E-state index in [4.69, 9.17) is 9.47 Å². The Hall–Kier alpha value is -2.08. The molecule has 3 aromatic rings. The zero-order valence-corrected chi connectivity index (χ0v) is 16.5. The number of hydrogen-bond donors (Lipinski definition) is 1. The molecule has 0 spiro atoms. The molecule has 6 heteroatoms. The van der Waals surface area contributed by atoms with Gasteiger partial charge in [-0.3, -0.25) is 0 Å². The van der Waals surface area contributed by atoms with Crippen LogP contribution in [0.2, 0.25) is 0 Å². The lowest BCUT2D eigenvalue weighted by Gasteiger charge is -2.44. The molecule has 0 fully saturated rings. The third-order valence-electron chi connectivity index (χ3n) is 5.42. The Bertz CT molecular complexity index is 898. The molecule has 2 aromatic heterocycles. The van der Waals surface area contributed by atoms with E-state index in [0.29, 0.717) is 19.8 Å². The predicted molar refractivity (Wildman–Crippen MR) is 110 cm³/mol. The van der Waals surface area contributed by atoms with Crippen molar-refractivity contribution < 1.29 is 9.47 Å². The molecule has 4 rings (SSSR count). The van der Waals surface area contributed by atoms with E-state index in [-0.39, 0.29) is 23.9 Å². The van der Waals surface area contributed by atoms with Crippen LogP contribution in [0.3, 0.4) is 0 Å². The fourth-order valence-corrected chi connectivity index (χ4v) is 3.91. The number of benzene rings is 1. The molecule has 1 aliphatic heterocycles. The number of nitrogens with zero attached hydrogens (tertiary/aromatic N) is 2. The molecule has 144 valence electrons. The first-order valence-corrected chi connectivity index (χ1v) is 9.07. The van der Waals surface area contributed by atoms with E-state index >= 15 is 0 Å². The number of aromatic nitrogens is 2. The fraction of sp³-hybridized carbons (Fsp3) is 0.381. The molecule has 1 aromatic carbocycles. The largest absolute Gasteiger partial charge is 0.382 e. The molecule has 0 radical (unpaired) electrons. The highest BCUT2D eigenvalue weighted by atomic mass is 35.5. The summed E-state index contributed by atoms with van der Waals surface area (Å²) in [4.78, 5) is 4.60. The summed E-state index contributed by atoms with van der Waals surface area (Å²) in [7, 11) is 1.70. The summed E-state index contributed by atoms with van der Waals surface area (Å²) in [6, 6.07) is 12.8. The van der Waals surface area contributed by atoms with Gasteiger partial charge in [0, 0.05) is 42.9 Å². The number of imidazole rings is 1. The molecule has 27 heavy (non-hydrogen) atoms. The Kier molecular flexibility index (Phi) is 6.05. The Balaban J connectivity index is 0.00000210. The minimum Gasteiger partial charge on any atom is -0.382 e. The zero-order chi connectivity index (χ0) is 18.0. The van der Waals surface area contributed by atoms with E-state index in [1.807, 2.05) is 18.6 Å². The molecule has 0 amide bonds. The van der Waals surface area contributed by atoms with Crippen molar-refractivity contribution in [2.24, 2.45) is 5.92 Å². The lowest BCUT2D eigenvalue weighted by molar-refractivity contribution is 0.0363. The third kappa shape index (κ3) is 3.68. The lowest BCUT2D eigenvalue weighted by Crippen LogP contribution is -2.46. The molecule has 5 nitrogen and oxygen atoms in total. The summed E-state index contributed by atoms with van der Waals surface area (Å²) in [6.07, 6.45) is 6.84. The van der Waals surface area contributed by atoms with Gasteiger partial charge in [0.2, 0.25) is 0 Å². The number of pyridine rings is 1. The van der Waals surface area contributed by atoms with Crippen LogP contribution in [0, 0.1) is 5.92 Å². The van der Waals surface area contributed by atoms with Crippen LogP contribution in [0.5, 0.6) is 0 Å². The van der Waals surface area contributed by atoms with Crippen LogP contribution in [0.4, 0.5) is 5.69 Å². The maximum Gasteiger partial charge on any atom is 0.142 e. The number of ether oxygens (including phenoxy) is 2. The predicted octanol–water partition coefficient (Wildman–Crippen LogP) is 3.92. The number of para-hydroxylation sites is 1.